The Hall–Kier alpha value is -0.840. The molecular formula is C13H14BrNOS. The Balaban J connectivity index is 2.16. The molecule has 90 valence electrons. The lowest BCUT2D eigenvalue weighted by Crippen LogP contribution is -2.08. The number of hydrogen-bond donors (Lipinski definition) is 1. The molecule has 4 heteroatoms. The predicted octanol–water partition coefficient (Wildman–Crippen LogP) is 4.11. The third kappa shape index (κ3) is 3.31. The molecule has 1 heterocycles. The molecule has 0 amide bonds. The van der Waals surface area contributed by atoms with Crippen LogP contribution >= 0.6 is 27.3 Å². The highest BCUT2D eigenvalue weighted by Crippen LogP contribution is 2.28. The molecule has 0 saturated carbocycles. The minimum Gasteiger partial charge on any atom is -0.488 e. The van der Waals surface area contributed by atoms with Crippen molar-refractivity contribution in [1.82, 2.24) is 0 Å². The maximum atomic E-state index is 5.92. The SMILES string of the molecule is CC(N)c1ccc(Br)cc1OCc1ccsc1. The fourth-order valence-corrected chi connectivity index (χ4v) is 2.54. The highest BCUT2D eigenvalue weighted by Gasteiger charge is 2.09. The summed E-state index contributed by atoms with van der Waals surface area (Å²) in [7, 11) is 0. The largest absolute Gasteiger partial charge is 0.488 e. The molecule has 0 aliphatic heterocycles. The van der Waals surface area contributed by atoms with Crippen LogP contribution in [0.15, 0.2) is 39.5 Å². The van der Waals surface area contributed by atoms with Gasteiger partial charge >= 0.3 is 0 Å². The Bertz CT molecular complexity index is 482. The summed E-state index contributed by atoms with van der Waals surface area (Å²) in [5.41, 5.74) is 8.14. The van der Waals surface area contributed by atoms with Crippen LogP contribution in [0.5, 0.6) is 5.75 Å². The number of hydrogen-bond acceptors (Lipinski definition) is 3. The maximum absolute atomic E-state index is 5.92. The van der Waals surface area contributed by atoms with Gasteiger partial charge in [0.1, 0.15) is 12.4 Å². The van der Waals surface area contributed by atoms with Gasteiger partial charge in [0.2, 0.25) is 0 Å². The van der Waals surface area contributed by atoms with Crippen molar-refractivity contribution in [3.63, 3.8) is 0 Å². The number of thiophene rings is 1. The summed E-state index contributed by atoms with van der Waals surface area (Å²) in [5, 5.41) is 4.13. The first kappa shape index (κ1) is 12.6. The van der Waals surface area contributed by atoms with Crippen molar-refractivity contribution in [3.8, 4) is 5.75 Å². The van der Waals surface area contributed by atoms with Crippen molar-refractivity contribution in [1.29, 1.82) is 0 Å². The van der Waals surface area contributed by atoms with Crippen LogP contribution in [-0.2, 0) is 6.61 Å². The smallest absolute Gasteiger partial charge is 0.125 e. The maximum Gasteiger partial charge on any atom is 0.125 e. The predicted molar refractivity (Wildman–Crippen MR) is 75.4 cm³/mol. The molecular weight excluding hydrogens is 298 g/mol. The molecule has 1 atom stereocenters. The second-order valence-corrected chi connectivity index (χ2v) is 5.59. The van der Waals surface area contributed by atoms with Crippen LogP contribution in [0.1, 0.15) is 24.1 Å². The van der Waals surface area contributed by atoms with Crippen molar-refractivity contribution in [2.75, 3.05) is 0 Å². The lowest BCUT2D eigenvalue weighted by atomic mass is 10.1. The Labute approximate surface area is 114 Å². The molecule has 0 aliphatic carbocycles. The average molecular weight is 312 g/mol. The van der Waals surface area contributed by atoms with Gasteiger partial charge in [-0.1, -0.05) is 22.0 Å². The van der Waals surface area contributed by atoms with E-state index in [0.717, 1.165) is 15.8 Å². The third-order valence-corrected chi connectivity index (χ3v) is 3.67. The summed E-state index contributed by atoms with van der Waals surface area (Å²) < 4.78 is 6.82. The Morgan fingerprint density at radius 2 is 2.24 bits per heavy atom. The number of nitrogens with two attached hydrogens (primary N) is 1. The number of benzene rings is 1. The Morgan fingerprint density at radius 1 is 1.41 bits per heavy atom. The minimum absolute atomic E-state index is 0.0272. The van der Waals surface area contributed by atoms with Gasteiger partial charge in [-0.25, -0.2) is 0 Å². The van der Waals surface area contributed by atoms with Gasteiger partial charge in [-0.2, -0.15) is 11.3 Å². The van der Waals surface area contributed by atoms with E-state index in [1.54, 1.807) is 11.3 Å². The zero-order valence-corrected chi connectivity index (χ0v) is 11.9. The van der Waals surface area contributed by atoms with Crippen LogP contribution in [0.25, 0.3) is 0 Å². The highest BCUT2D eigenvalue weighted by atomic mass is 79.9. The normalized spacial score (nSPS) is 12.4. The summed E-state index contributed by atoms with van der Waals surface area (Å²) >= 11 is 5.12. The summed E-state index contributed by atoms with van der Waals surface area (Å²) in [6.45, 7) is 2.54. The van der Waals surface area contributed by atoms with Gasteiger partial charge in [-0.15, -0.1) is 0 Å². The number of halogens is 1. The second-order valence-electron chi connectivity index (χ2n) is 3.89. The quantitative estimate of drug-likeness (QED) is 0.922. The van der Waals surface area contributed by atoms with E-state index in [2.05, 4.69) is 27.4 Å². The van der Waals surface area contributed by atoms with Crippen molar-refractivity contribution < 1.29 is 4.74 Å². The summed E-state index contributed by atoms with van der Waals surface area (Å²) in [5.74, 6) is 0.848. The zero-order chi connectivity index (χ0) is 12.3. The minimum atomic E-state index is -0.0272. The second kappa shape index (κ2) is 5.67. The van der Waals surface area contributed by atoms with Crippen LogP contribution in [0, 0.1) is 0 Å². The lowest BCUT2D eigenvalue weighted by Gasteiger charge is -2.14. The van der Waals surface area contributed by atoms with Crippen molar-refractivity contribution in [2.45, 2.75) is 19.6 Å². The summed E-state index contributed by atoms with van der Waals surface area (Å²) in [4.78, 5) is 0. The molecule has 2 rings (SSSR count). The molecule has 17 heavy (non-hydrogen) atoms. The third-order valence-electron chi connectivity index (χ3n) is 2.44. The monoisotopic (exact) mass is 311 g/mol. The van der Waals surface area contributed by atoms with Crippen LogP contribution in [-0.4, -0.2) is 0 Å². The van der Waals surface area contributed by atoms with Gasteiger partial charge in [0.25, 0.3) is 0 Å². The van der Waals surface area contributed by atoms with Gasteiger partial charge in [0, 0.05) is 16.1 Å². The number of ether oxygens (including phenoxy) is 1. The number of rotatable bonds is 4. The standard InChI is InChI=1S/C13H14BrNOS/c1-9(15)12-3-2-11(14)6-13(12)16-7-10-4-5-17-8-10/h2-6,8-9H,7,15H2,1H3. The molecule has 0 radical (unpaired) electrons. The van der Waals surface area contributed by atoms with E-state index in [-0.39, 0.29) is 6.04 Å². The van der Waals surface area contributed by atoms with E-state index in [9.17, 15) is 0 Å². The van der Waals surface area contributed by atoms with Crippen molar-refractivity contribution >= 4 is 27.3 Å². The molecule has 2 nitrogen and oxygen atoms in total. The fourth-order valence-electron chi connectivity index (χ4n) is 1.55. The van der Waals surface area contributed by atoms with Gasteiger partial charge in [0.05, 0.1) is 0 Å². The molecule has 1 unspecified atom stereocenters. The zero-order valence-electron chi connectivity index (χ0n) is 9.52. The van der Waals surface area contributed by atoms with E-state index in [1.165, 1.54) is 5.56 Å². The molecule has 0 fully saturated rings. The molecule has 0 spiro atoms. The molecule has 0 aliphatic rings. The first-order valence-electron chi connectivity index (χ1n) is 5.35. The lowest BCUT2D eigenvalue weighted by molar-refractivity contribution is 0.302. The Morgan fingerprint density at radius 3 is 2.88 bits per heavy atom. The molecule has 1 aromatic carbocycles. The van der Waals surface area contributed by atoms with E-state index >= 15 is 0 Å². The summed E-state index contributed by atoms with van der Waals surface area (Å²) in [6.07, 6.45) is 0. The van der Waals surface area contributed by atoms with E-state index in [1.807, 2.05) is 30.5 Å². The van der Waals surface area contributed by atoms with E-state index in [0.29, 0.717) is 6.61 Å². The molecule has 2 N–H and O–H groups in total. The first-order valence-corrected chi connectivity index (χ1v) is 7.09. The van der Waals surface area contributed by atoms with Gasteiger partial charge in [-0.3, -0.25) is 0 Å². The molecule has 1 aromatic heterocycles. The van der Waals surface area contributed by atoms with Crippen molar-refractivity contribution in [3.05, 3.63) is 50.6 Å². The van der Waals surface area contributed by atoms with Crippen LogP contribution in [0.2, 0.25) is 0 Å². The molecule has 2 aromatic rings. The van der Waals surface area contributed by atoms with Gasteiger partial charge in [-0.05, 0) is 41.4 Å². The molecule has 0 bridgehead atoms. The first-order chi connectivity index (χ1) is 8.16. The van der Waals surface area contributed by atoms with E-state index < -0.39 is 0 Å². The van der Waals surface area contributed by atoms with Crippen LogP contribution in [0.3, 0.4) is 0 Å². The Kier molecular flexibility index (Phi) is 4.20. The van der Waals surface area contributed by atoms with Gasteiger partial charge in [0.15, 0.2) is 0 Å². The average Bonchev–Trinajstić information content (AvgIpc) is 2.78. The summed E-state index contributed by atoms with van der Waals surface area (Å²) in [6, 6.07) is 7.98. The topological polar surface area (TPSA) is 35.2 Å². The van der Waals surface area contributed by atoms with Crippen LogP contribution in [0.4, 0.5) is 0 Å². The van der Waals surface area contributed by atoms with E-state index in [4.69, 9.17) is 10.5 Å². The highest BCUT2D eigenvalue weighted by molar-refractivity contribution is 9.10. The fraction of sp³-hybridized carbons (Fsp3) is 0.231. The van der Waals surface area contributed by atoms with Gasteiger partial charge < -0.3 is 10.5 Å². The molecule has 0 saturated heterocycles. The van der Waals surface area contributed by atoms with Crippen LogP contribution < -0.4 is 10.5 Å². The van der Waals surface area contributed by atoms with Crippen molar-refractivity contribution in [2.24, 2.45) is 5.73 Å².